The summed E-state index contributed by atoms with van der Waals surface area (Å²) < 4.78 is 16.9. The number of carbonyl (C=O) groups excluding carboxylic acids is 1. The van der Waals surface area contributed by atoms with Gasteiger partial charge >= 0.3 is 0 Å². The van der Waals surface area contributed by atoms with Gasteiger partial charge in [-0.1, -0.05) is 0 Å². The van der Waals surface area contributed by atoms with E-state index >= 15 is 0 Å². The Morgan fingerprint density at radius 3 is 3.00 bits per heavy atom. The average Bonchev–Trinajstić information content (AvgIpc) is 3.30. The summed E-state index contributed by atoms with van der Waals surface area (Å²) in [6, 6.07) is 3.76. The fraction of sp³-hybridized carbons (Fsp3) is 0.722. The lowest BCUT2D eigenvalue weighted by atomic mass is 9.82. The van der Waals surface area contributed by atoms with Crippen LogP contribution in [-0.4, -0.2) is 68.8 Å². The minimum Gasteiger partial charge on any atom is -0.455 e. The summed E-state index contributed by atoms with van der Waals surface area (Å²) in [6.45, 7) is 6.49. The SMILES string of the molecule is COC[C@@]12COC[C@@H]1CN(C(=O)c1ccc(CN3CCCC3)o1)C2. The molecule has 3 aliphatic rings. The van der Waals surface area contributed by atoms with E-state index in [0.29, 0.717) is 38.0 Å². The van der Waals surface area contributed by atoms with Crippen molar-refractivity contribution in [3.8, 4) is 0 Å². The summed E-state index contributed by atoms with van der Waals surface area (Å²) in [6.07, 6.45) is 2.51. The minimum absolute atomic E-state index is 0.00690. The summed E-state index contributed by atoms with van der Waals surface area (Å²) >= 11 is 0. The third-order valence-corrected chi connectivity index (χ3v) is 5.69. The van der Waals surface area contributed by atoms with Gasteiger partial charge in [0.25, 0.3) is 5.91 Å². The summed E-state index contributed by atoms with van der Waals surface area (Å²) in [5.41, 5.74) is -0.0462. The van der Waals surface area contributed by atoms with Gasteiger partial charge in [0.05, 0.1) is 26.4 Å². The van der Waals surface area contributed by atoms with E-state index < -0.39 is 0 Å². The molecule has 0 unspecified atom stereocenters. The van der Waals surface area contributed by atoms with Crippen LogP contribution in [-0.2, 0) is 16.0 Å². The van der Waals surface area contributed by atoms with Crippen LogP contribution in [0.5, 0.6) is 0 Å². The van der Waals surface area contributed by atoms with Crippen molar-refractivity contribution in [1.29, 1.82) is 0 Å². The first-order chi connectivity index (χ1) is 11.7. The van der Waals surface area contributed by atoms with Gasteiger partial charge in [-0.05, 0) is 38.1 Å². The Bertz CT molecular complexity index is 596. The molecule has 4 rings (SSSR count). The van der Waals surface area contributed by atoms with Crippen LogP contribution in [0.4, 0.5) is 0 Å². The molecule has 3 saturated heterocycles. The van der Waals surface area contributed by atoms with E-state index in [9.17, 15) is 4.79 Å². The standard InChI is InChI=1S/C18H26N2O4/c1-22-12-18-11-20(8-14(18)10-23-13-18)17(21)16-5-4-15(24-16)9-19-6-2-3-7-19/h4-5,14H,2-3,6-13H2,1H3/t14-,18-/m0/s1. The maximum atomic E-state index is 12.8. The number of nitrogens with zero attached hydrogens (tertiary/aromatic N) is 2. The highest BCUT2D eigenvalue weighted by Crippen LogP contribution is 2.41. The minimum atomic E-state index is -0.0462. The fourth-order valence-electron chi connectivity index (χ4n) is 4.37. The maximum Gasteiger partial charge on any atom is 0.289 e. The topological polar surface area (TPSA) is 55.2 Å². The molecule has 3 fully saturated rings. The lowest BCUT2D eigenvalue weighted by molar-refractivity contribution is 0.0476. The molecule has 4 heterocycles. The number of likely N-dealkylation sites (tertiary alicyclic amines) is 2. The second-order valence-corrected chi connectivity index (χ2v) is 7.44. The first-order valence-electron chi connectivity index (χ1n) is 8.87. The highest BCUT2D eigenvalue weighted by molar-refractivity contribution is 5.91. The number of ether oxygens (including phenoxy) is 2. The lowest BCUT2D eigenvalue weighted by Crippen LogP contribution is -2.36. The highest BCUT2D eigenvalue weighted by Gasteiger charge is 2.52. The van der Waals surface area contributed by atoms with Crippen molar-refractivity contribution in [3.05, 3.63) is 23.7 Å². The summed E-state index contributed by atoms with van der Waals surface area (Å²) in [5, 5.41) is 0. The van der Waals surface area contributed by atoms with E-state index in [4.69, 9.17) is 13.9 Å². The molecule has 6 heteroatoms. The molecule has 1 amide bonds. The molecular weight excluding hydrogens is 308 g/mol. The van der Waals surface area contributed by atoms with E-state index in [1.165, 1.54) is 12.8 Å². The Balaban J connectivity index is 1.42. The number of hydrogen-bond donors (Lipinski definition) is 0. The van der Waals surface area contributed by atoms with Gasteiger partial charge in [0.15, 0.2) is 5.76 Å². The molecule has 132 valence electrons. The van der Waals surface area contributed by atoms with Crippen molar-refractivity contribution in [2.45, 2.75) is 19.4 Å². The van der Waals surface area contributed by atoms with Gasteiger partial charge < -0.3 is 18.8 Å². The summed E-state index contributed by atoms with van der Waals surface area (Å²) in [4.78, 5) is 17.1. The van der Waals surface area contributed by atoms with Crippen LogP contribution in [0.25, 0.3) is 0 Å². The zero-order valence-electron chi connectivity index (χ0n) is 14.3. The van der Waals surface area contributed by atoms with Crippen molar-refractivity contribution in [2.75, 3.05) is 53.1 Å². The second kappa shape index (κ2) is 6.50. The van der Waals surface area contributed by atoms with Gasteiger partial charge in [0, 0.05) is 31.5 Å². The predicted molar refractivity (Wildman–Crippen MR) is 87.7 cm³/mol. The van der Waals surface area contributed by atoms with E-state index in [-0.39, 0.29) is 11.3 Å². The molecule has 0 radical (unpaired) electrons. The van der Waals surface area contributed by atoms with Crippen LogP contribution < -0.4 is 0 Å². The molecule has 1 aromatic rings. The van der Waals surface area contributed by atoms with Gasteiger partial charge in [-0.3, -0.25) is 9.69 Å². The summed E-state index contributed by atoms with van der Waals surface area (Å²) in [5.74, 6) is 1.69. The number of fused-ring (bicyclic) bond motifs is 1. The zero-order chi connectivity index (χ0) is 16.6. The molecule has 0 saturated carbocycles. The number of furan rings is 1. The van der Waals surface area contributed by atoms with Gasteiger partial charge in [0.2, 0.25) is 0 Å². The first kappa shape index (κ1) is 16.1. The molecule has 0 spiro atoms. The molecule has 3 aliphatic heterocycles. The Morgan fingerprint density at radius 2 is 2.21 bits per heavy atom. The van der Waals surface area contributed by atoms with E-state index in [1.807, 2.05) is 17.0 Å². The van der Waals surface area contributed by atoms with E-state index in [0.717, 1.165) is 31.9 Å². The van der Waals surface area contributed by atoms with Crippen molar-refractivity contribution < 1.29 is 18.7 Å². The Kier molecular flexibility index (Phi) is 4.37. The Labute approximate surface area is 142 Å². The molecule has 0 bridgehead atoms. The molecule has 0 aliphatic carbocycles. The number of methoxy groups -OCH3 is 1. The van der Waals surface area contributed by atoms with Gasteiger partial charge in [-0.15, -0.1) is 0 Å². The van der Waals surface area contributed by atoms with E-state index in [2.05, 4.69) is 4.90 Å². The number of carbonyl (C=O) groups is 1. The van der Waals surface area contributed by atoms with Gasteiger partial charge in [-0.25, -0.2) is 0 Å². The van der Waals surface area contributed by atoms with Crippen molar-refractivity contribution >= 4 is 5.91 Å². The van der Waals surface area contributed by atoms with Crippen LogP contribution >= 0.6 is 0 Å². The van der Waals surface area contributed by atoms with Crippen LogP contribution in [0, 0.1) is 11.3 Å². The zero-order valence-corrected chi connectivity index (χ0v) is 14.3. The number of hydrogen-bond acceptors (Lipinski definition) is 5. The predicted octanol–water partition coefficient (Wildman–Crippen LogP) is 1.61. The molecule has 24 heavy (non-hydrogen) atoms. The first-order valence-corrected chi connectivity index (χ1v) is 8.87. The average molecular weight is 334 g/mol. The fourth-order valence-corrected chi connectivity index (χ4v) is 4.37. The lowest BCUT2D eigenvalue weighted by Gasteiger charge is -2.25. The third-order valence-electron chi connectivity index (χ3n) is 5.69. The van der Waals surface area contributed by atoms with Gasteiger partial charge in [-0.2, -0.15) is 0 Å². The normalized spacial score (nSPS) is 30.2. The van der Waals surface area contributed by atoms with Crippen LogP contribution in [0.2, 0.25) is 0 Å². The monoisotopic (exact) mass is 334 g/mol. The van der Waals surface area contributed by atoms with Crippen LogP contribution in [0.1, 0.15) is 29.2 Å². The molecule has 1 aromatic heterocycles. The van der Waals surface area contributed by atoms with Crippen molar-refractivity contribution in [3.63, 3.8) is 0 Å². The van der Waals surface area contributed by atoms with E-state index in [1.54, 1.807) is 7.11 Å². The van der Waals surface area contributed by atoms with Gasteiger partial charge in [0.1, 0.15) is 5.76 Å². The second-order valence-electron chi connectivity index (χ2n) is 7.44. The molecular formula is C18H26N2O4. The van der Waals surface area contributed by atoms with Crippen LogP contribution in [0.15, 0.2) is 16.5 Å². The van der Waals surface area contributed by atoms with Crippen molar-refractivity contribution in [2.24, 2.45) is 11.3 Å². The largest absolute Gasteiger partial charge is 0.455 e. The summed E-state index contributed by atoms with van der Waals surface area (Å²) in [7, 11) is 1.71. The Hall–Kier alpha value is -1.37. The van der Waals surface area contributed by atoms with Crippen molar-refractivity contribution in [1.82, 2.24) is 9.80 Å². The smallest absolute Gasteiger partial charge is 0.289 e. The number of rotatable bonds is 5. The molecule has 0 aromatic carbocycles. The molecule has 2 atom stereocenters. The van der Waals surface area contributed by atoms with Crippen LogP contribution in [0.3, 0.4) is 0 Å². The Morgan fingerprint density at radius 1 is 1.38 bits per heavy atom. The third kappa shape index (κ3) is 2.87. The molecule has 0 N–H and O–H groups in total. The quantitative estimate of drug-likeness (QED) is 0.819. The highest BCUT2D eigenvalue weighted by atomic mass is 16.5. The maximum absolute atomic E-state index is 12.8. The molecule has 6 nitrogen and oxygen atoms in total. The number of amides is 1.